The number of fused-ring (bicyclic) bond motifs is 2. The molecule has 2 aliphatic carbocycles. The van der Waals surface area contributed by atoms with E-state index in [1.165, 1.54) is 0 Å². The van der Waals surface area contributed by atoms with Crippen LogP contribution in [-0.4, -0.2) is 22.3 Å². The van der Waals surface area contributed by atoms with Crippen molar-refractivity contribution in [2.45, 2.75) is 12.5 Å². The van der Waals surface area contributed by atoms with E-state index in [0.29, 0.717) is 6.42 Å². The Kier molecular flexibility index (Phi) is 1.29. The van der Waals surface area contributed by atoms with Crippen LogP contribution in [0.1, 0.15) is 6.42 Å². The van der Waals surface area contributed by atoms with Crippen molar-refractivity contribution in [1.29, 1.82) is 0 Å². The van der Waals surface area contributed by atoms with Crippen LogP contribution in [-0.2, 0) is 4.79 Å². The summed E-state index contributed by atoms with van der Waals surface area (Å²) in [5.41, 5.74) is 0. The molecular formula is C8H10O3. The van der Waals surface area contributed by atoms with Gasteiger partial charge in [-0.25, -0.2) is 0 Å². The van der Waals surface area contributed by atoms with Crippen molar-refractivity contribution in [3.05, 3.63) is 12.2 Å². The molecule has 2 N–H and O–H groups in total. The minimum atomic E-state index is -0.776. The fraction of sp³-hybridized carbons (Fsp3) is 0.625. The maximum Gasteiger partial charge on any atom is 0.307 e. The number of hydrogen-bond acceptors (Lipinski definition) is 2. The summed E-state index contributed by atoms with van der Waals surface area (Å²) in [6.07, 6.45) is 3.94. The summed E-state index contributed by atoms with van der Waals surface area (Å²) in [5, 5.41) is 18.1. The largest absolute Gasteiger partial charge is 0.481 e. The van der Waals surface area contributed by atoms with Crippen molar-refractivity contribution in [3.8, 4) is 0 Å². The van der Waals surface area contributed by atoms with Gasteiger partial charge in [0.2, 0.25) is 0 Å². The Morgan fingerprint density at radius 3 is 2.45 bits per heavy atom. The lowest BCUT2D eigenvalue weighted by Crippen LogP contribution is -2.22. The molecule has 11 heavy (non-hydrogen) atoms. The first-order valence-electron chi connectivity index (χ1n) is 3.79. The van der Waals surface area contributed by atoms with Crippen LogP contribution in [0.4, 0.5) is 0 Å². The number of hydrogen-bond donors (Lipinski definition) is 2. The molecule has 60 valence electrons. The molecule has 0 heterocycles. The van der Waals surface area contributed by atoms with Crippen molar-refractivity contribution in [3.63, 3.8) is 0 Å². The number of allylic oxidation sites excluding steroid dienone is 1. The predicted octanol–water partition coefficient (Wildman–Crippen LogP) is 0.254. The smallest absolute Gasteiger partial charge is 0.307 e. The SMILES string of the molecule is O=C(O)C1[C@H]2C=C[C@@H]1[C@H](O)C2. The van der Waals surface area contributed by atoms with E-state index in [4.69, 9.17) is 5.11 Å². The summed E-state index contributed by atoms with van der Waals surface area (Å²) in [5.74, 6) is -1.18. The average Bonchev–Trinajstić information content (AvgIpc) is 2.41. The molecule has 0 saturated heterocycles. The number of aliphatic hydroxyl groups excluding tert-OH is 1. The maximum absolute atomic E-state index is 10.7. The Balaban J connectivity index is 2.24. The molecule has 0 aromatic heterocycles. The molecule has 0 radical (unpaired) electrons. The highest BCUT2D eigenvalue weighted by atomic mass is 16.4. The number of aliphatic carboxylic acids is 1. The molecule has 2 rings (SSSR count). The first-order valence-corrected chi connectivity index (χ1v) is 3.79. The van der Waals surface area contributed by atoms with Gasteiger partial charge in [0, 0.05) is 5.92 Å². The Morgan fingerprint density at radius 2 is 2.18 bits per heavy atom. The van der Waals surface area contributed by atoms with Crippen LogP contribution >= 0.6 is 0 Å². The number of carboxylic acid groups (broad SMARTS) is 1. The summed E-state index contributed by atoms with van der Waals surface area (Å²) in [6.45, 7) is 0. The highest BCUT2D eigenvalue weighted by Crippen LogP contribution is 2.44. The third-order valence-corrected chi connectivity index (χ3v) is 2.70. The number of carboxylic acids is 1. The van der Waals surface area contributed by atoms with Crippen LogP contribution in [0.3, 0.4) is 0 Å². The fourth-order valence-electron chi connectivity index (χ4n) is 2.17. The van der Waals surface area contributed by atoms with Gasteiger partial charge in [0.05, 0.1) is 12.0 Å². The molecule has 3 heteroatoms. The van der Waals surface area contributed by atoms with Gasteiger partial charge in [-0.2, -0.15) is 0 Å². The van der Waals surface area contributed by atoms with E-state index >= 15 is 0 Å². The average molecular weight is 154 g/mol. The third-order valence-electron chi connectivity index (χ3n) is 2.70. The first-order chi connectivity index (χ1) is 5.20. The molecule has 2 aliphatic rings. The maximum atomic E-state index is 10.7. The monoisotopic (exact) mass is 154 g/mol. The van der Waals surface area contributed by atoms with E-state index in [1.54, 1.807) is 0 Å². The summed E-state index contributed by atoms with van der Waals surface area (Å²) >= 11 is 0. The Hall–Kier alpha value is -0.830. The first kappa shape index (κ1) is 6.85. The van der Waals surface area contributed by atoms with Crippen molar-refractivity contribution in [2.24, 2.45) is 17.8 Å². The quantitative estimate of drug-likeness (QED) is 0.532. The second-order valence-electron chi connectivity index (χ2n) is 3.29. The Morgan fingerprint density at radius 1 is 1.45 bits per heavy atom. The zero-order valence-corrected chi connectivity index (χ0v) is 5.97. The van der Waals surface area contributed by atoms with Gasteiger partial charge in [-0.3, -0.25) is 4.79 Å². The minimum Gasteiger partial charge on any atom is -0.481 e. The molecule has 2 bridgehead atoms. The highest BCUT2D eigenvalue weighted by molar-refractivity contribution is 5.73. The van der Waals surface area contributed by atoms with E-state index in [9.17, 15) is 9.90 Å². The van der Waals surface area contributed by atoms with E-state index in [2.05, 4.69) is 0 Å². The van der Waals surface area contributed by atoms with Gasteiger partial charge in [-0.15, -0.1) is 0 Å². The Labute approximate surface area is 64.3 Å². The molecule has 3 nitrogen and oxygen atoms in total. The summed E-state index contributed by atoms with van der Waals surface area (Å²) in [7, 11) is 0. The standard InChI is InChI=1S/C8H10O3/c9-6-3-4-1-2-5(6)7(4)8(10)11/h1-2,4-7,9H,3H2,(H,10,11)/t4-,5+,6+,7?/m0/s1. The molecule has 0 spiro atoms. The second-order valence-corrected chi connectivity index (χ2v) is 3.29. The predicted molar refractivity (Wildman–Crippen MR) is 37.9 cm³/mol. The van der Waals surface area contributed by atoms with Crippen LogP contribution in [0.2, 0.25) is 0 Å². The summed E-state index contributed by atoms with van der Waals surface area (Å²) < 4.78 is 0. The number of carbonyl (C=O) groups is 1. The van der Waals surface area contributed by atoms with Crippen LogP contribution in [0.5, 0.6) is 0 Å². The molecule has 0 aromatic rings. The molecule has 0 aliphatic heterocycles. The fourth-order valence-corrected chi connectivity index (χ4v) is 2.17. The molecule has 1 fully saturated rings. The number of aliphatic hydroxyl groups is 1. The molecule has 1 unspecified atom stereocenters. The molecule has 4 atom stereocenters. The zero-order valence-electron chi connectivity index (χ0n) is 5.97. The van der Waals surface area contributed by atoms with E-state index < -0.39 is 12.1 Å². The van der Waals surface area contributed by atoms with Gasteiger partial charge in [0.25, 0.3) is 0 Å². The van der Waals surface area contributed by atoms with Crippen molar-refractivity contribution < 1.29 is 15.0 Å². The van der Waals surface area contributed by atoms with Crippen molar-refractivity contribution in [1.82, 2.24) is 0 Å². The van der Waals surface area contributed by atoms with Crippen LogP contribution in [0, 0.1) is 17.8 Å². The molecule has 0 aromatic carbocycles. The molecule has 0 amide bonds. The van der Waals surface area contributed by atoms with Crippen molar-refractivity contribution in [2.75, 3.05) is 0 Å². The van der Waals surface area contributed by atoms with Crippen LogP contribution < -0.4 is 0 Å². The molecule has 1 saturated carbocycles. The second kappa shape index (κ2) is 2.08. The number of rotatable bonds is 1. The van der Waals surface area contributed by atoms with Gasteiger partial charge >= 0.3 is 5.97 Å². The normalized spacial score (nSPS) is 46.6. The Bertz CT molecular complexity index is 221. The topological polar surface area (TPSA) is 57.5 Å². The lowest BCUT2D eigenvalue weighted by Gasteiger charge is -2.11. The lowest BCUT2D eigenvalue weighted by molar-refractivity contribution is -0.143. The summed E-state index contributed by atoms with van der Waals surface area (Å²) in [6, 6.07) is 0. The van der Waals surface area contributed by atoms with Gasteiger partial charge < -0.3 is 10.2 Å². The van der Waals surface area contributed by atoms with E-state index in [0.717, 1.165) is 0 Å². The van der Waals surface area contributed by atoms with Gasteiger partial charge in [-0.05, 0) is 12.3 Å². The van der Waals surface area contributed by atoms with E-state index in [-0.39, 0.29) is 17.8 Å². The van der Waals surface area contributed by atoms with E-state index in [1.807, 2.05) is 12.2 Å². The summed E-state index contributed by atoms with van der Waals surface area (Å²) in [4.78, 5) is 10.7. The lowest BCUT2D eigenvalue weighted by atomic mass is 9.97. The third kappa shape index (κ3) is 0.807. The van der Waals surface area contributed by atoms with Gasteiger partial charge in [0.15, 0.2) is 0 Å². The van der Waals surface area contributed by atoms with Crippen LogP contribution in [0.25, 0.3) is 0 Å². The minimum absolute atomic E-state index is 0.0764. The zero-order chi connectivity index (χ0) is 8.01. The van der Waals surface area contributed by atoms with Gasteiger partial charge in [0.1, 0.15) is 0 Å². The molecular weight excluding hydrogens is 144 g/mol. The van der Waals surface area contributed by atoms with Crippen LogP contribution in [0.15, 0.2) is 12.2 Å². The van der Waals surface area contributed by atoms with Crippen molar-refractivity contribution >= 4 is 5.97 Å². The van der Waals surface area contributed by atoms with Gasteiger partial charge in [-0.1, -0.05) is 12.2 Å². The highest BCUT2D eigenvalue weighted by Gasteiger charge is 2.47.